The highest BCUT2D eigenvalue weighted by Gasteiger charge is 2.28. The van der Waals surface area contributed by atoms with Crippen LogP contribution in [0.25, 0.3) is 0 Å². The maximum atomic E-state index is 13.8. The van der Waals surface area contributed by atoms with Crippen molar-refractivity contribution >= 4 is 63.3 Å². The van der Waals surface area contributed by atoms with Gasteiger partial charge in [-0.1, -0.05) is 63.2 Å². The molecule has 3 aromatic rings. The number of para-hydroxylation sites is 3. The van der Waals surface area contributed by atoms with Crippen LogP contribution >= 0.6 is 22.6 Å². The third kappa shape index (κ3) is 7.44. The van der Waals surface area contributed by atoms with Gasteiger partial charge in [0.1, 0.15) is 13.1 Å². The van der Waals surface area contributed by atoms with Gasteiger partial charge in [0.25, 0.3) is 0 Å². The van der Waals surface area contributed by atoms with Crippen molar-refractivity contribution in [2.75, 3.05) is 35.3 Å². The molecule has 0 atom stereocenters. The van der Waals surface area contributed by atoms with Crippen LogP contribution in [0.2, 0.25) is 0 Å². The molecule has 0 aliphatic rings. The van der Waals surface area contributed by atoms with Crippen LogP contribution in [0.3, 0.4) is 0 Å². The Hall–Kier alpha value is -3.73. The number of amides is 3. The molecule has 0 bridgehead atoms. The number of carbonyl (C=O) groups excluding carboxylic acids is 4. The summed E-state index contributed by atoms with van der Waals surface area (Å²) in [5, 5.41) is 2.72. The normalized spacial score (nSPS) is 10.9. The lowest BCUT2D eigenvalue weighted by Gasteiger charge is -2.31. The van der Waals surface area contributed by atoms with E-state index in [9.17, 15) is 19.2 Å². The van der Waals surface area contributed by atoms with E-state index < -0.39 is 17.8 Å². The molecule has 0 saturated carbocycles. The standard InChI is InChI=1S/C30H32IN3O5/c1-20(35)33(25-16-10-7-13-22(25)30(2,3)4)19-28(37)34(26-17-11-8-14-23(26)31)18-27(36)32-24-15-9-6-12-21(24)29(38)39-5/h6-17H,18-19H2,1-5H3,(H,32,36). The lowest BCUT2D eigenvalue weighted by atomic mass is 9.85. The fourth-order valence-electron chi connectivity index (χ4n) is 4.12. The fourth-order valence-corrected chi connectivity index (χ4v) is 4.80. The molecule has 0 saturated heterocycles. The minimum absolute atomic E-state index is 0.196. The molecular weight excluding hydrogens is 609 g/mol. The van der Waals surface area contributed by atoms with Gasteiger partial charge in [-0.25, -0.2) is 4.79 Å². The van der Waals surface area contributed by atoms with Crippen LogP contribution in [0, 0.1) is 3.57 Å². The van der Waals surface area contributed by atoms with Gasteiger partial charge in [-0.2, -0.15) is 0 Å². The first-order chi connectivity index (χ1) is 18.4. The van der Waals surface area contributed by atoms with E-state index in [0.717, 1.165) is 9.13 Å². The first kappa shape index (κ1) is 29.8. The maximum absolute atomic E-state index is 13.8. The highest BCUT2D eigenvalue weighted by atomic mass is 127. The van der Waals surface area contributed by atoms with Gasteiger partial charge in [-0.3, -0.25) is 14.4 Å². The lowest BCUT2D eigenvalue weighted by Crippen LogP contribution is -2.46. The second kappa shape index (κ2) is 12.9. The molecule has 0 heterocycles. The zero-order valence-electron chi connectivity index (χ0n) is 22.7. The van der Waals surface area contributed by atoms with E-state index in [1.54, 1.807) is 36.4 Å². The van der Waals surface area contributed by atoms with Crippen LogP contribution in [0.4, 0.5) is 17.1 Å². The second-order valence-electron chi connectivity index (χ2n) is 9.89. The van der Waals surface area contributed by atoms with Gasteiger partial charge in [0.2, 0.25) is 17.7 Å². The number of nitrogens with one attached hydrogen (secondary N) is 1. The Bertz CT molecular complexity index is 1380. The average Bonchev–Trinajstić information content (AvgIpc) is 2.90. The Morgan fingerprint density at radius 3 is 2.03 bits per heavy atom. The molecule has 0 spiro atoms. The van der Waals surface area contributed by atoms with E-state index in [0.29, 0.717) is 11.4 Å². The van der Waals surface area contributed by atoms with Gasteiger partial charge < -0.3 is 19.9 Å². The molecule has 9 heteroatoms. The monoisotopic (exact) mass is 641 g/mol. The number of carbonyl (C=O) groups is 4. The predicted octanol–water partition coefficient (Wildman–Crippen LogP) is 5.40. The fraction of sp³-hybridized carbons (Fsp3) is 0.267. The molecule has 0 aromatic heterocycles. The summed E-state index contributed by atoms with van der Waals surface area (Å²) in [6.07, 6.45) is 0. The Kier molecular flexibility index (Phi) is 9.85. The van der Waals surface area contributed by atoms with E-state index >= 15 is 0 Å². The van der Waals surface area contributed by atoms with Gasteiger partial charge in [-0.05, 0) is 63.9 Å². The van der Waals surface area contributed by atoms with Crippen molar-refractivity contribution in [3.63, 3.8) is 0 Å². The van der Waals surface area contributed by atoms with Crippen molar-refractivity contribution in [2.45, 2.75) is 33.1 Å². The van der Waals surface area contributed by atoms with E-state index in [2.05, 4.69) is 27.9 Å². The molecule has 8 nitrogen and oxygen atoms in total. The van der Waals surface area contributed by atoms with E-state index in [-0.39, 0.29) is 35.7 Å². The summed E-state index contributed by atoms with van der Waals surface area (Å²) >= 11 is 2.11. The van der Waals surface area contributed by atoms with Gasteiger partial charge in [0.05, 0.1) is 24.0 Å². The summed E-state index contributed by atoms with van der Waals surface area (Å²) in [7, 11) is 1.26. The minimum Gasteiger partial charge on any atom is -0.465 e. The van der Waals surface area contributed by atoms with Crippen molar-refractivity contribution in [2.24, 2.45) is 0 Å². The summed E-state index contributed by atoms with van der Waals surface area (Å²) in [5.41, 5.74) is 2.30. The molecule has 3 amide bonds. The second-order valence-corrected chi connectivity index (χ2v) is 11.1. The minimum atomic E-state index is -0.592. The number of halogens is 1. The number of rotatable bonds is 8. The zero-order chi connectivity index (χ0) is 28.7. The highest BCUT2D eigenvalue weighted by Crippen LogP contribution is 2.32. The zero-order valence-corrected chi connectivity index (χ0v) is 24.8. The number of ether oxygens (including phenoxy) is 1. The summed E-state index contributed by atoms with van der Waals surface area (Å²) < 4.78 is 5.57. The summed E-state index contributed by atoms with van der Waals surface area (Å²) in [5.74, 6) is -1.83. The Labute approximate surface area is 242 Å². The van der Waals surface area contributed by atoms with Gasteiger partial charge in [0, 0.05) is 16.2 Å². The SMILES string of the molecule is COC(=O)c1ccccc1NC(=O)CN(C(=O)CN(C(C)=O)c1ccccc1C(C)(C)C)c1ccccc1I. The number of methoxy groups -OCH3 is 1. The first-order valence-electron chi connectivity index (χ1n) is 12.3. The van der Waals surface area contributed by atoms with Crippen molar-refractivity contribution < 1.29 is 23.9 Å². The number of anilines is 3. The summed E-state index contributed by atoms with van der Waals surface area (Å²) in [6, 6.07) is 21.2. The van der Waals surface area contributed by atoms with Crippen molar-refractivity contribution in [1.82, 2.24) is 0 Å². The highest BCUT2D eigenvalue weighted by molar-refractivity contribution is 14.1. The molecule has 0 fully saturated rings. The molecule has 3 aromatic carbocycles. The molecule has 0 radical (unpaired) electrons. The molecule has 1 N–H and O–H groups in total. The molecule has 3 rings (SSSR count). The van der Waals surface area contributed by atoms with Gasteiger partial charge in [-0.15, -0.1) is 0 Å². The molecule has 0 aliphatic carbocycles. The number of esters is 1. The largest absolute Gasteiger partial charge is 0.465 e. The summed E-state index contributed by atoms with van der Waals surface area (Å²) in [6.45, 7) is 6.95. The first-order valence-corrected chi connectivity index (χ1v) is 13.4. The van der Waals surface area contributed by atoms with Crippen LogP contribution in [0.5, 0.6) is 0 Å². The van der Waals surface area contributed by atoms with Crippen LogP contribution < -0.4 is 15.1 Å². The quantitative estimate of drug-likeness (QED) is 0.263. The molecule has 0 unspecified atom stereocenters. The third-order valence-electron chi connectivity index (χ3n) is 6.03. The van der Waals surface area contributed by atoms with Crippen LogP contribution in [-0.2, 0) is 24.5 Å². The predicted molar refractivity (Wildman–Crippen MR) is 161 cm³/mol. The molecular formula is C30H32IN3O5. The van der Waals surface area contributed by atoms with Crippen LogP contribution in [0.15, 0.2) is 72.8 Å². The van der Waals surface area contributed by atoms with Gasteiger partial charge in [0.15, 0.2) is 0 Å². The molecule has 0 aliphatic heterocycles. The Morgan fingerprint density at radius 2 is 1.41 bits per heavy atom. The average molecular weight is 642 g/mol. The van der Waals surface area contributed by atoms with Crippen LogP contribution in [0.1, 0.15) is 43.6 Å². The van der Waals surface area contributed by atoms with Crippen molar-refractivity contribution in [3.05, 3.63) is 87.5 Å². The number of hydrogen-bond acceptors (Lipinski definition) is 5. The Balaban J connectivity index is 1.95. The van der Waals surface area contributed by atoms with Gasteiger partial charge >= 0.3 is 5.97 Å². The number of hydrogen-bond donors (Lipinski definition) is 1. The molecule has 204 valence electrons. The number of nitrogens with zero attached hydrogens (tertiary/aromatic N) is 2. The Morgan fingerprint density at radius 1 is 0.821 bits per heavy atom. The van der Waals surface area contributed by atoms with Crippen molar-refractivity contribution in [1.29, 1.82) is 0 Å². The van der Waals surface area contributed by atoms with E-state index in [4.69, 9.17) is 4.74 Å². The summed E-state index contributed by atoms with van der Waals surface area (Å²) in [4.78, 5) is 54.8. The smallest absolute Gasteiger partial charge is 0.339 e. The number of benzene rings is 3. The lowest BCUT2D eigenvalue weighted by molar-refractivity contribution is -0.122. The van der Waals surface area contributed by atoms with E-state index in [1.165, 1.54) is 23.8 Å². The molecule has 39 heavy (non-hydrogen) atoms. The third-order valence-corrected chi connectivity index (χ3v) is 6.94. The van der Waals surface area contributed by atoms with E-state index in [1.807, 2.05) is 57.2 Å². The van der Waals surface area contributed by atoms with Crippen molar-refractivity contribution in [3.8, 4) is 0 Å². The van der Waals surface area contributed by atoms with Crippen LogP contribution in [-0.4, -0.2) is 43.9 Å². The maximum Gasteiger partial charge on any atom is 0.339 e. The topological polar surface area (TPSA) is 96.0 Å².